The smallest absolute Gasteiger partial charge is 0.358 e. The molecule has 0 spiro atoms. The highest BCUT2D eigenvalue weighted by Crippen LogP contribution is 2.20. The van der Waals surface area contributed by atoms with Crippen LogP contribution < -0.4 is 0 Å². The first-order chi connectivity index (χ1) is 9.40. The molecule has 2 rings (SSSR count). The molecule has 0 bridgehead atoms. The fourth-order valence-electron chi connectivity index (χ4n) is 2.35. The van der Waals surface area contributed by atoms with Crippen LogP contribution in [-0.2, 0) is 6.54 Å². The molecule has 5 nitrogen and oxygen atoms in total. The zero-order valence-electron chi connectivity index (χ0n) is 12.2. The highest BCUT2D eigenvalue weighted by Gasteiger charge is 2.21. The quantitative estimate of drug-likeness (QED) is 0.930. The molecule has 0 atom stereocenters. The standard InChI is InChI=1S/C15H19N3O2/c1-9(2)14-13(15(19)20)16-17-18(14)8-12-6-5-10(3)7-11(12)4/h5-7,9H,8H2,1-4H3,(H,19,20). The number of nitrogens with zero attached hydrogens (tertiary/aromatic N) is 3. The number of benzene rings is 1. The Morgan fingerprint density at radius 3 is 2.60 bits per heavy atom. The summed E-state index contributed by atoms with van der Waals surface area (Å²) in [6.45, 7) is 8.54. The lowest BCUT2D eigenvalue weighted by Crippen LogP contribution is -2.11. The average molecular weight is 273 g/mol. The van der Waals surface area contributed by atoms with E-state index in [1.807, 2.05) is 33.8 Å². The topological polar surface area (TPSA) is 68.0 Å². The molecule has 0 aliphatic heterocycles. The highest BCUT2D eigenvalue weighted by molar-refractivity contribution is 5.86. The van der Waals surface area contributed by atoms with Gasteiger partial charge >= 0.3 is 5.97 Å². The maximum Gasteiger partial charge on any atom is 0.358 e. The molecule has 1 aromatic heterocycles. The monoisotopic (exact) mass is 273 g/mol. The summed E-state index contributed by atoms with van der Waals surface area (Å²) in [6, 6.07) is 6.21. The minimum Gasteiger partial charge on any atom is -0.476 e. The first-order valence-corrected chi connectivity index (χ1v) is 6.63. The number of carboxylic acid groups (broad SMARTS) is 1. The van der Waals surface area contributed by atoms with Gasteiger partial charge in [-0.3, -0.25) is 0 Å². The molecule has 20 heavy (non-hydrogen) atoms. The van der Waals surface area contributed by atoms with Crippen molar-refractivity contribution in [2.24, 2.45) is 0 Å². The highest BCUT2D eigenvalue weighted by atomic mass is 16.4. The Hall–Kier alpha value is -2.17. The summed E-state index contributed by atoms with van der Waals surface area (Å²) in [4.78, 5) is 11.2. The van der Waals surface area contributed by atoms with Gasteiger partial charge in [0.1, 0.15) is 0 Å². The van der Waals surface area contributed by atoms with E-state index in [4.69, 9.17) is 5.11 Å². The van der Waals surface area contributed by atoms with E-state index in [0.29, 0.717) is 12.2 Å². The molecule has 5 heteroatoms. The van der Waals surface area contributed by atoms with Gasteiger partial charge in [0.15, 0.2) is 5.69 Å². The molecule has 0 unspecified atom stereocenters. The van der Waals surface area contributed by atoms with Gasteiger partial charge in [0.2, 0.25) is 0 Å². The van der Waals surface area contributed by atoms with Gasteiger partial charge in [-0.25, -0.2) is 9.48 Å². The molecule has 1 N–H and O–H groups in total. The SMILES string of the molecule is Cc1ccc(Cn2nnc(C(=O)O)c2C(C)C)c(C)c1. The van der Waals surface area contributed by atoms with Crippen molar-refractivity contribution >= 4 is 5.97 Å². The van der Waals surface area contributed by atoms with Crippen LogP contribution in [0.3, 0.4) is 0 Å². The van der Waals surface area contributed by atoms with Gasteiger partial charge in [-0.1, -0.05) is 42.8 Å². The zero-order valence-corrected chi connectivity index (χ0v) is 12.2. The Labute approximate surface area is 118 Å². The molecular formula is C15H19N3O2. The maximum atomic E-state index is 11.2. The Morgan fingerprint density at radius 1 is 1.35 bits per heavy atom. The number of carbonyl (C=O) groups is 1. The van der Waals surface area contributed by atoms with Crippen molar-refractivity contribution in [1.82, 2.24) is 15.0 Å². The van der Waals surface area contributed by atoms with E-state index in [1.165, 1.54) is 11.1 Å². The zero-order chi connectivity index (χ0) is 14.9. The van der Waals surface area contributed by atoms with Crippen LogP contribution in [0.2, 0.25) is 0 Å². The minimum absolute atomic E-state index is 0.0461. The fraction of sp³-hybridized carbons (Fsp3) is 0.400. The predicted molar refractivity (Wildman–Crippen MR) is 76.1 cm³/mol. The summed E-state index contributed by atoms with van der Waals surface area (Å²) in [7, 11) is 0. The third kappa shape index (κ3) is 2.71. The van der Waals surface area contributed by atoms with Gasteiger partial charge in [-0.2, -0.15) is 0 Å². The molecule has 106 valence electrons. The van der Waals surface area contributed by atoms with E-state index in [-0.39, 0.29) is 11.6 Å². The molecule has 0 fully saturated rings. The van der Waals surface area contributed by atoms with Crippen molar-refractivity contribution < 1.29 is 9.90 Å². The number of hydrogen-bond acceptors (Lipinski definition) is 3. The predicted octanol–water partition coefficient (Wildman–Crippen LogP) is 2.76. The number of aromatic carboxylic acids is 1. The van der Waals surface area contributed by atoms with Gasteiger partial charge in [0.25, 0.3) is 0 Å². The van der Waals surface area contributed by atoms with Gasteiger partial charge in [0, 0.05) is 0 Å². The lowest BCUT2D eigenvalue weighted by atomic mass is 10.0. The van der Waals surface area contributed by atoms with Crippen LogP contribution in [0.5, 0.6) is 0 Å². The first kappa shape index (κ1) is 14.2. The average Bonchev–Trinajstić information content (AvgIpc) is 2.76. The summed E-state index contributed by atoms with van der Waals surface area (Å²) in [5.74, 6) is -0.970. The Kier molecular flexibility index (Phi) is 3.88. The molecule has 1 aromatic carbocycles. The lowest BCUT2D eigenvalue weighted by Gasteiger charge is -2.12. The van der Waals surface area contributed by atoms with Crippen LogP contribution in [0.25, 0.3) is 0 Å². The van der Waals surface area contributed by atoms with Crippen molar-refractivity contribution in [2.45, 2.75) is 40.2 Å². The van der Waals surface area contributed by atoms with Crippen LogP contribution in [-0.4, -0.2) is 26.1 Å². The van der Waals surface area contributed by atoms with Crippen molar-refractivity contribution in [1.29, 1.82) is 0 Å². The third-order valence-corrected chi connectivity index (χ3v) is 3.34. The van der Waals surface area contributed by atoms with Crippen LogP contribution in [0.4, 0.5) is 0 Å². The van der Waals surface area contributed by atoms with Crippen molar-refractivity contribution in [2.75, 3.05) is 0 Å². The van der Waals surface area contributed by atoms with Crippen LogP contribution in [0.1, 0.15) is 52.6 Å². The van der Waals surface area contributed by atoms with Gasteiger partial charge in [0.05, 0.1) is 12.2 Å². The van der Waals surface area contributed by atoms with Gasteiger partial charge < -0.3 is 5.11 Å². The Bertz CT molecular complexity index is 645. The van der Waals surface area contributed by atoms with Gasteiger partial charge in [-0.05, 0) is 30.9 Å². The fourth-order valence-corrected chi connectivity index (χ4v) is 2.35. The first-order valence-electron chi connectivity index (χ1n) is 6.63. The molecule has 0 aliphatic carbocycles. The largest absolute Gasteiger partial charge is 0.476 e. The van der Waals surface area contributed by atoms with E-state index in [9.17, 15) is 4.79 Å². The second-order valence-corrected chi connectivity index (χ2v) is 5.37. The molecule has 0 amide bonds. The van der Waals surface area contributed by atoms with E-state index in [1.54, 1.807) is 4.68 Å². The summed E-state index contributed by atoms with van der Waals surface area (Å²) in [5.41, 5.74) is 4.22. The molecule has 2 aromatic rings. The van der Waals surface area contributed by atoms with Crippen molar-refractivity contribution in [3.8, 4) is 0 Å². The summed E-state index contributed by atoms with van der Waals surface area (Å²) < 4.78 is 1.69. The molecular weight excluding hydrogens is 254 g/mol. The van der Waals surface area contributed by atoms with Crippen LogP contribution in [0.15, 0.2) is 18.2 Å². The van der Waals surface area contributed by atoms with Gasteiger partial charge in [-0.15, -0.1) is 5.10 Å². The summed E-state index contributed by atoms with van der Waals surface area (Å²) >= 11 is 0. The van der Waals surface area contributed by atoms with E-state index >= 15 is 0 Å². The van der Waals surface area contributed by atoms with Crippen molar-refractivity contribution in [3.05, 3.63) is 46.3 Å². The molecule has 0 saturated carbocycles. The Balaban J connectivity index is 2.41. The number of hydrogen-bond donors (Lipinski definition) is 1. The maximum absolute atomic E-state index is 11.2. The second kappa shape index (κ2) is 5.45. The van der Waals surface area contributed by atoms with E-state index in [2.05, 4.69) is 22.4 Å². The van der Waals surface area contributed by atoms with Crippen LogP contribution in [0, 0.1) is 13.8 Å². The Morgan fingerprint density at radius 2 is 2.05 bits per heavy atom. The lowest BCUT2D eigenvalue weighted by molar-refractivity contribution is 0.0688. The summed E-state index contributed by atoms with van der Waals surface area (Å²) in [6.07, 6.45) is 0. The third-order valence-electron chi connectivity index (χ3n) is 3.34. The molecule has 0 saturated heterocycles. The minimum atomic E-state index is -1.03. The number of aryl methyl sites for hydroxylation is 2. The molecule has 0 radical (unpaired) electrons. The number of aromatic nitrogens is 3. The van der Waals surface area contributed by atoms with E-state index < -0.39 is 5.97 Å². The summed E-state index contributed by atoms with van der Waals surface area (Å²) in [5, 5.41) is 17.0. The number of rotatable bonds is 4. The van der Waals surface area contributed by atoms with E-state index in [0.717, 1.165) is 5.56 Å². The van der Waals surface area contributed by atoms with Crippen molar-refractivity contribution in [3.63, 3.8) is 0 Å². The molecule has 1 heterocycles. The molecule has 0 aliphatic rings. The second-order valence-electron chi connectivity index (χ2n) is 5.37. The van der Waals surface area contributed by atoms with Crippen LogP contribution >= 0.6 is 0 Å². The number of carboxylic acids is 1. The normalized spacial score (nSPS) is 11.1.